The van der Waals surface area contributed by atoms with E-state index in [2.05, 4.69) is 19.1 Å². The zero-order chi connectivity index (χ0) is 16.2. The van der Waals surface area contributed by atoms with E-state index < -0.39 is 0 Å². The van der Waals surface area contributed by atoms with Gasteiger partial charge in [0.25, 0.3) is 0 Å². The van der Waals surface area contributed by atoms with E-state index in [-0.39, 0.29) is 23.3 Å². The molecule has 0 heterocycles. The Morgan fingerprint density at radius 2 is 1.00 bits per heavy atom. The smallest absolute Gasteiger partial charge is 0.115 e. The van der Waals surface area contributed by atoms with E-state index in [1.807, 2.05) is 42.5 Å². The van der Waals surface area contributed by atoms with Crippen LogP contribution in [0.4, 0.5) is 0 Å². The molecule has 0 radical (unpaired) electrons. The highest BCUT2D eigenvalue weighted by atomic mass is 16.3. The first-order valence-corrected chi connectivity index (χ1v) is 7.78. The molecule has 0 spiro atoms. The van der Waals surface area contributed by atoms with E-state index in [0.29, 0.717) is 0 Å². The van der Waals surface area contributed by atoms with Crippen molar-refractivity contribution < 1.29 is 10.2 Å². The van der Waals surface area contributed by atoms with Crippen molar-refractivity contribution in [2.75, 3.05) is 0 Å². The van der Waals surface area contributed by atoms with Crippen LogP contribution in [0.15, 0.2) is 78.9 Å². The van der Waals surface area contributed by atoms with Crippen LogP contribution in [0.5, 0.6) is 11.5 Å². The van der Waals surface area contributed by atoms with Crippen molar-refractivity contribution in [3.05, 3.63) is 95.6 Å². The molecule has 0 aliphatic rings. The normalized spacial score (nSPS) is 13.4. The van der Waals surface area contributed by atoms with Crippen LogP contribution < -0.4 is 0 Å². The molecule has 0 amide bonds. The van der Waals surface area contributed by atoms with Crippen LogP contribution in [0.2, 0.25) is 0 Å². The second-order valence-electron chi connectivity index (χ2n) is 5.86. The van der Waals surface area contributed by atoms with E-state index in [1.54, 1.807) is 24.3 Å². The monoisotopic (exact) mass is 304 g/mol. The molecule has 0 saturated heterocycles. The maximum atomic E-state index is 9.57. The highest BCUT2D eigenvalue weighted by Gasteiger charge is 2.22. The van der Waals surface area contributed by atoms with Gasteiger partial charge in [-0.05, 0) is 46.9 Å². The van der Waals surface area contributed by atoms with Gasteiger partial charge in [-0.3, -0.25) is 0 Å². The Labute approximate surface area is 136 Å². The number of hydrogen-bond donors (Lipinski definition) is 2. The summed E-state index contributed by atoms with van der Waals surface area (Å²) in [7, 11) is 0. The van der Waals surface area contributed by atoms with Crippen molar-refractivity contribution in [1.29, 1.82) is 0 Å². The summed E-state index contributed by atoms with van der Waals surface area (Å²) in [4.78, 5) is 0. The summed E-state index contributed by atoms with van der Waals surface area (Å²) < 4.78 is 0. The van der Waals surface area contributed by atoms with E-state index in [1.165, 1.54) is 11.1 Å². The second kappa shape index (κ2) is 6.57. The lowest BCUT2D eigenvalue weighted by molar-refractivity contribution is 0.473. The molecule has 0 aliphatic heterocycles. The number of phenolic OH excluding ortho intramolecular Hbond substituents is 2. The van der Waals surface area contributed by atoms with Crippen LogP contribution in [0.1, 0.15) is 35.4 Å². The molecule has 3 aromatic rings. The molecule has 116 valence electrons. The van der Waals surface area contributed by atoms with Gasteiger partial charge < -0.3 is 10.2 Å². The largest absolute Gasteiger partial charge is 0.508 e. The van der Waals surface area contributed by atoms with E-state index in [9.17, 15) is 10.2 Å². The number of phenols is 2. The fraction of sp³-hybridized carbons (Fsp3) is 0.143. The van der Waals surface area contributed by atoms with Gasteiger partial charge in [0, 0.05) is 5.92 Å². The maximum Gasteiger partial charge on any atom is 0.115 e. The molecule has 0 bridgehead atoms. The van der Waals surface area contributed by atoms with Gasteiger partial charge in [0.1, 0.15) is 11.5 Å². The number of aromatic hydroxyl groups is 2. The summed E-state index contributed by atoms with van der Waals surface area (Å²) in [5, 5.41) is 19.1. The average Bonchev–Trinajstić information content (AvgIpc) is 2.58. The summed E-state index contributed by atoms with van der Waals surface area (Å²) in [6.45, 7) is 2.19. The molecule has 2 heteroatoms. The van der Waals surface area contributed by atoms with E-state index in [4.69, 9.17) is 0 Å². The van der Waals surface area contributed by atoms with Crippen LogP contribution >= 0.6 is 0 Å². The van der Waals surface area contributed by atoms with Crippen LogP contribution in [-0.4, -0.2) is 10.2 Å². The van der Waals surface area contributed by atoms with Gasteiger partial charge in [-0.1, -0.05) is 61.5 Å². The predicted octanol–water partition coefficient (Wildman–Crippen LogP) is 5.03. The molecule has 23 heavy (non-hydrogen) atoms. The lowest BCUT2D eigenvalue weighted by Crippen LogP contribution is -2.10. The average molecular weight is 304 g/mol. The van der Waals surface area contributed by atoms with Gasteiger partial charge in [-0.15, -0.1) is 0 Å². The molecule has 3 rings (SSSR count). The van der Waals surface area contributed by atoms with Crippen LogP contribution in [0.3, 0.4) is 0 Å². The molecular weight excluding hydrogens is 284 g/mol. The topological polar surface area (TPSA) is 40.5 Å². The summed E-state index contributed by atoms with van der Waals surface area (Å²) in [5.74, 6) is 0.976. The van der Waals surface area contributed by atoms with Crippen molar-refractivity contribution in [1.82, 2.24) is 0 Å². The van der Waals surface area contributed by atoms with Crippen LogP contribution in [-0.2, 0) is 0 Å². The van der Waals surface area contributed by atoms with E-state index >= 15 is 0 Å². The number of benzene rings is 3. The minimum Gasteiger partial charge on any atom is -0.508 e. The summed E-state index contributed by atoms with van der Waals surface area (Å²) in [6.07, 6.45) is 0. The van der Waals surface area contributed by atoms with Gasteiger partial charge in [-0.25, -0.2) is 0 Å². The first-order chi connectivity index (χ1) is 11.1. The highest BCUT2D eigenvalue weighted by Crippen LogP contribution is 2.38. The lowest BCUT2D eigenvalue weighted by atomic mass is 9.78. The second-order valence-corrected chi connectivity index (χ2v) is 5.86. The summed E-state index contributed by atoms with van der Waals surface area (Å²) in [6, 6.07) is 25.2. The zero-order valence-corrected chi connectivity index (χ0v) is 13.1. The predicted molar refractivity (Wildman–Crippen MR) is 92.9 cm³/mol. The SMILES string of the molecule is CC(c1ccc(O)cc1)C(c1ccccc1)c1ccc(O)cc1. The first-order valence-electron chi connectivity index (χ1n) is 7.78. The molecule has 3 aromatic carbocycles. The summed E-state index contributed by atoms with van der Waals surface area (Å²) >= 11 is 0. The minimum atomic E-state index is 0.182. The zero-order valence-electron chi connectivity index (χ0n) is 13.1. The minimum absolute atomic E-state index is 0.182. The molecule has 0 saturated carbocycles. The Kier molecular flexibility index (Phi) is 4.33. The third-order valence-electron chi connectivity index (χ3n) is 4.33. The fourth-order valence-corrected chi connectivity index (χ4v) is 3.08. The molecule has 0 aliphatic carbocycles. The Bertz CT molecular complexity index is 746. The Morgan fingerprint density at radius 1 is 0.565 bits per heavy atom. The van der Waals surface area contributed by atoms with Crippen molar-refractivity contribution in [2.24, 2.45) is 0 Å². The molecule has 2 nitrogen and oxygen atoms in total. The van der Waals surface area contributed by atoms with Crippen molar-refractivity contribution in [2.45, 2.75) is 18.8 Å². The van der Waals surface area contributed by atoms with Crippen LogP contribution in [0, 0.1) is 0 Å². The van der Waals surface area contributed by atoms with Crippen LogP contribution in [0.25, 0.3) is 0 Å². The summed E-state index contributed by atoms with van der Waals surface area (Å²) in [5.41, 5.74) is 3.57. The highest BCUT2D eigenvalue weighted by molar-refractivity contribution is 5.40. The van der Waals surface area contributed by atoms with E-state index in [0.717, 1.165) is 5.56 Å². The van der Waals surface area contributed by atoms with Crippen molar-refractivity contribution in [3.63, 3.8) is 0 Å². The molecule has 0 fully saturated rings. The maximum absolute atomic E-state index is 9.57. The van der Waals surface area contributed by atoms with Gasteiger partial charge >= 0.3 is 0 Å². The third-order valence-corrected chi connectivity index (χ3v) is 4.33. The van der Waals surface area contributed by atoms with Gasteiger partial charge in [0.15, 0.2) is 0 Å². The Hall–Kier alpha value is -2.74. The molecule has 2 unspecified atom stereocenters. The fourth-order valence-electron chi connectivity index (χ4n) is 3.08. The van der Waals surface area contributed by atoms with Crippen molar-refractivity contribution >= 4 is 0 Å². The van der Waals surface area contributed by atoms with Gasteiger partial charge in [0.2, 0.25) is 0 Å². The molecular formula is C21H20O2. The molecule has 2 atom stereocenters. The third kappa shape index (κ3) is 3.37. The van der Waals surface area contributed by atoms with Gasteiger partial charge in [0.05, 0.1) is 0 Å². The quantitative estimate of drug-likeness (QED) is 0.709. The Morgan fingerprint density at radius 3 is 1.52 bits per heavy atom. The first kappa shape index (κ1) is 15.2. The Balaban J connectivity index is 2.04. The van der Waals surface area contributed by atoms with Gasteiger partial charge in [-0.2, -0.15) is 0 Å². The lowest BCUT2D eigenvalue weighted by Gasteiger charge is -2.26. The standard InChI is InChI=1S/C21H20O2/c1-15(16-7-11-19(22)12-8-16)21(17-5-3-2-4-6-17)18-9-13-20(23)14-10-18/h2-15,21-23H,1H3. The molecule has 0 aromatic heterocycles. The molecule has 2 N–H and O–H groups in total. The van der Waals surface area contributed by atoms with Crippen molar-refractivity contribution in [3.8, 4) is 11.5 Å². The number of hydrogen-bond acceptors (Lipinski definition) is 2. The number of rotatable bonds is 4.